The molecule has 5 nitrogen and oxygen atoms in total. The third-order valence-corrected chi connectivity index (χ3v) is 3.64. The van der Waals surface area contributed by atoms with Crippen molar-refractivity contribution >= 4 is 11.4 Å². The molecule has 0 N–H and O–H groups in total. The second-order valence-corrected chi connectivity index (χ2v) is 4.88. The van der Waals surface area contributed by atoms with E-state index in [-0.39, 0.29) is 10.6 Å². The Morgan fingerprint density at radius 1 is 1.30 bits per heavy atom. The minimum Gasteiger partial charge on any atom is -0.370 e. The first-order valence-corrected chi connectivity index (χ1v) is 6.66. The van der Waals surface area contributed by atoms with E-state index in [2.05, 4.69) is 9.88 Å². The van der Waals surface area contributed by atoms with Crippen molar-refractivity contribution in [2.24, 2.45) is 0 Å². The van der Waals surface area contributed by atoms with Gasteiger partial charge in [0.2, 0.25) is 0 Å². The van der Waals surface area contributed by atoms with E-state index in [0.29, 0.717) is 0 Å². The molecule has 3 rings (SSSR count). The van der Waals surface area contributed by atoms with Gasteiger partial charge < -0.3 is 4.90 Å². The van der Waals surface area contributed by atoms with Crippen LogP contribution in [0.2, 0.25) is 0 Å². The molecular formula is C15H15N3O2. The fourth-order valence-electron chi connectivity index (χ4n) is 2.58. The van der Waals surface area contributed by atoms with Crippen LogP contribution in [-0.4, -0.2) is 23.0 Å². The second kappa shape index (κ2) is 5.28. The number of anilines is 1. The molecule has 102 valence electrons. The summed E-state index contributed by atoms with van der Waals surface area (Å²) in [4.78, 5) is 17.0. The molecule has 2 heterocycles. The summed E-state index contributed by atoms with van der Waals surface area (Å²) in [6.45, 7) is 1.76. The van der Waals surface area contributed by atoms with Crippen LogP contribution in [0.25, 0.3) is 0 Å². The van der Waals surface area contributed by atoms with Gasteiger partial charge in [0, 0.05) is 49.2 Å². The maximum Gasteiger partial charge on any atom is 0.271 e. The quantitative estimate of drug-likeness (QED) is 0.632. The zero-order valence-corrected chi connectivity index (χ0v) is 11.0. The molecule has 0 unspecified atom stereocenters. The Bertz CT molecular complexity index is 628. The Morgan fingerprint density at radius 3 is 2.95 bits per heavy atom. The van der Waals surface area contributed by atoms with Crippen LogP contribution in [-0.2, 0) is 12.8 Å². The standard InChI is InChI=1S/C15H15N3O2/c19-18(20)14-5-4-12-6-9-17(15(12)11-14)10-7-13-3-1-2-8-16-13/h1-5,8,11H,6-7,9-10H2. The van der Waals surface area contributed by atoms with Gasteiger partial charge in [-0.3, -0.25) is 15.1 Å². The van der Waals surface area contributed by atoms with E-state index >= 15 is 0 Å². The highest BCUT2D eigenvalue weighted by Crippen LogP contribution is 2.31. The van der Waals surface area contributed by atoms with E-state index in [0.717, 1.165) is 37.3 Å². The summed E-state index contributed by atoms with van der Waals surface area (Å²) in [6, 6.07) is 11.0. The summed E-state index contributed by atoms with van der Waals surface area (Å²) in [7, 11) is 0. The fraction of sp³-hybridized carbons (Fsp3) is 0.267. The lowest BCUT2D eigenvalue weighted by Crippen LogP contribution is -2.23. The molecule has 0 amide bonds. The minimum atomic E-state index is -0.338. The molecule has 0 radical (unpaired) electrons. The summed E-state index contributed by atoms with van der Waals surface area (Å²) in [5.74, 6) is 0. The van der Waals surface area contributed by atoms with Crippen LogP contribution in [0.5, 0.6) is 0 Å². The number of nitrogens with zero attached hydrogens (tertiary/aromatic N) is 3. The molecule has 0 fully saturated rings. The minimum absolute atomic E-state index is 0.161. The predicted molar refractivity (Wildman–Crippen MR) is 77.0 cm³/mol. The van der Waals surface area contributed by atoms with Gasteiger partial charge in [0.1, 0.15) is 0 Å². The average Bonchev–Trinajstić information content (AvgIpc) is 2.88. The average molecular weight is 269 g/mol. The number of fused-ring (bicyclic) bond motifs is 1. The first-order chi connectivity index (χ1) is 9.74. The normalized spacial score (nSPS) is 13.3. The van der Waals surface area contributed by atoms with Gasteiger partial charge in [0.25, 0.3) is 5.69 Å². The lowest BCUT2D eigenvalue weighted by Gasteiger charge is -2.18. The molecule has 0 saturated heterocycles. The molecule has 5 heteroatoms. The Kier molecular flexibility index (Phi) is 3.33. The smallest absolute Gasteiger partial charge is 0.271 e. The molecule has 20 heavy (non-hydrogen) atoms. The van der Waals surface area contributed by atoms with Gasteiger partial charge in [0.15, 0.2) is 0 Å². The maximum absolute atomic E-state index is 10.9. The Morgan fingerprint density at radius 2 is 2.20 bits per heavy atom. The molecule has 0 aliphatic carbocycles. The number of hydrogen-bond acceptors (Lipinski definition) is 4. The number of pyridine rings is 1. The fourth-order valence-corrected chi connectivity index (χ4v) is 2.58. The van der Waals surface area contributed by atoms with Crippen LogP contribution in [0, 0.1) is 10.1 Å². The van der Waals surface area contributed by atoms with Crippen LogP contribution in [0.1, 0.15) is 11.3 Å². The summed E-state index contributed by atoms with van der Waals surface area (Å²) in [6.07, 6.45) is 3.59. The molecule has 0 spiro atoms. The van der Waals surface area contributed by atoms with Crippen LogP contribution in [0.3, 0.4) is 0 Å². The van der Waals surface area contributed by atoms with Gasteiger partial charge in [-0.2, -0.15) is 0 Å². The van der Waals surface area contributed by atoms with Gasteiger partial charge in [0.05, 0.1) is 4.92 Å². The molecule has 1 aliphatic rings. The number of aromatic nitrogens is 1. The van der Waals surface area contributed by atoms with Gasteiger partial charge in [-0.25, -0.2) is 0 Å². The summed E-state index contributed by atoms with van der Waals surface area (Å²) in [5.41, 5.74) is 3.40. The second-order valence-electron chi connectivity index (χ2n) is 4.88. The van der Waals surface area contributed by atoms with Crippen molar-refractivity contribution in [1.82, 2.24) is 4.98 Å². The number of benzene rings is 1. The first-order valence-electron chi connectivity index (χ1n) is 6.66. The highest BCUT2D eigenvalue weighted by Gasteiger charge is 2.21. The van der Waals surface area contributed by atoms with Gasteiger partial charge in [-0.1, -0.05) is 12.1 Å². The van der Waals surface area contributed by atoms with Crippen molar-refractivity contribution in [3.05, 3.63) is 64.0 Å². The van der Waals surface area contributed by atoms with E-state index in [1.807, 2.05) is 24.3 Å². The Balaban J connectivity index is 1.75. The molecule has 1 aromatic heterocycles. The van der Waals surface area contributed by atoms with E-state index in [9.17, 15) is 10.1 Å². The van der Waals surface area contributed by atoms with Crippen molar-refractivity contribution in [2.45, 2.75) is 12.8 Å². The molecule has 0 atom stereocenters. The van der Waals surface area contributed by atoms with E-state index in [1.54, 1.807) is 18.3 Å². The highest BCUT2D eigenvalue weighted by molar-refractivity contribution is 5.62. The van der Waals surface area contributed by atoms with Crippen LogP contribution >= 0.6 is 0 Å². The number of nitro benzene ring substituents is 1. The number of rotatable bonds is 4. The molecule has 1 aromatic carbocycles. The third kappa shape index (κ3) is 2.47. The summed E-state index contributed by atoms with van der Waals surface area (Å²) >= 11 is 0. The third-order valence-electron chi connectivity index (χ3n) is 3.64. The number of hydrogen-bond donors (Lipinski definition) is 0. The molecule has 0 bridgehead atoms. The largest absolute Gasteiger partial charge is 0.370 e. The van der Waals surface area contributed by atoms with Crippen LogP contribution in [0.15, 0.2) is 42.6 Å². The van der Waals surface area contributed by atoms with Gasteiger partial charge in [-0.15, -0.1) is 0 Å². The summed E-state index contributed by atoms with van der Waals surface area (Å²) < 4.78 is 0. The number of non-ortho nitro benzene ring substituents is 1. The number of nitro groups is 1. The molecule has 2 aromatic rings. The topological polar surface area (TPSA) is 59.3 Å². The molecule has 1 aliphatic heterocycles. The van der Waals surface area contributed by atoms with Crippen molar-refractivity contribution in [3.63, 3.8) is 0 Å². The zero-order chi connectivity index (χ0) is 13.9. The Labute approximate surface area is 117 Å². The Hall–Kier alpha value is -2.43. The monoisotopic (exact) mass is 269 g/mol. The van der Waals surface area contributed by atoms with Crippen LogP contribution < -0.4 is 4.90 Å². The van der Waals surface area contributed by atoms with E-state index in [1.165, 1.54) is 5.56 Å². The van der Waals surface area contributed by atoms with E-state index in [4.69, 9.17) is 0 Å². The van der Waals surface area contributed by atoms with Gasteiger partial charge >= 0.3 is 0 Å². The van der Waals surface area contributed by atoms with E-state index < -0.39 is 0 Å². The summed E-state index contributed by atoms with van der Waals surface area (Å²) in [5, 5.41) is 10.9. The SMILES string of the molecule is O=[N+]([O-])c1ccc2c(c1)N(CCc1ccccn1)CC2. The van der Waals surface area contributed by atoms with Crippen molar-refractivity contribution in [1.29, 1.82) is 0 Å². The predicted octanol–water partition coefficient (Wildman–Crippen LogP) is 2.60. The molecule has 0 saturated carbocycles. The van der Waals surface area contributed by atoms with Crippen LogP contribution in [0.4, 0.5) is 11.4 Å². The maximum atomic E-state index is 10.9. The van der Waals surface area contributed by atoms with Gasteiger partial charge in [-0.05, 0) is 24.1 Å². The first kappa shape index (κ1) is 12.6. The lowest BCUT2D eigenvalue weighted by molar-refractivity contribution is -0.384. The van der Waals surface area contributed by atoms with Crippen molar-refractivity contribution in [3.8, 4) is 0 Å². The molecular weight excluding hydrogens is 254 g/mol. The van der Waals surface area contributed by atoms with Crippen molar-refractivity contribution < 1.29 is 4.92 Å². The lowest BCUT2D eigenvalue weighted by atomic mass is 10.1. The highest BCUT2D eigenvalue weighted by atomic mass is 16.6. The van der Waals surface area contributed by atoms with Crippen molar-refractivity contribution in [2.75, 3.05) is 18.0 Å². The zero-order valence-electron chi connectivity index (χ0n) is 11.0.